The van der Waals surface area contributed by atoms with Crippen LogP contribution in [0.15, 0.2) is 56.7 Å². The van der Waals surface area contributed by atoms with Crippen molar-refractivity contribution in [3.8, 4) is 0 Å². The molecule has 0 spiro atoms. The number of halogens is 1. The molecular formula is C14H10BrN3O2. The van der Waals surface area contributed by atoms with Gasteiger partial charge < -0.3 is 0 Å². The van der Waals surface area contributed by atoms with Gasteiger partial charge in [-0.25, -0.2) is 9.78 Å². The van der Waals surface area contributed by atoms with Crippen LogP contribution in [-0.2, 0) is 6.54 Å². The third-order valence-electron chi connectivity index (χ3n) is 2.98. The van der Waals surface area contributed by atoms with Crippen LogP contribution in [0.2, 0.25) is 0 Å². The first-order valence-electron chi connectivity index (χ1n) is 5.97. The van der Waals surface area contributed by atoms with E-state index in [9.17, 15) is 9.59 Å². The largest absolute Gasteiger partial charge is 0.330 e. The third kappa shape index (κ3) is 2.30. The minimum Gasteiger partial charge on any atom is -0.273 e. The normalized spacial score (nSPS) is 10.8. The van der Waals surface area contributed by atoms with E-state index in [1.54, 1.807) is 12.3 Å². The molecule has 0 aliphatic carbocycles. The predicted octanol–water partition coefficient (Wildman–Crippen LogP) is 1.90. The molecule has 0 radical (unpaired) electrons. The monoisotopic (exact) mass is 331 g/mol. The maximum Gasteiger partial charge on any atom is 0.330 e. The number of hydrogen-bond donors (Lipinski definition) is 1. The van der Waals surface area contributed by atoms with Gasteiger partial charge in [-0.2, -0.15) is 0 Å². The summed E-state index contributed by atoms with van der Waals surface area (Å²) >= 11 is 3.27. The minimum atomic E-state index is -0.457. The van der Waals surface area contributed by atoms with Crippen LogP contribution in [0.25, 0.3) is 11.0 Å². The Balaban J connectivity index is 2.25. The summed E-state index contributed by atoms with van der Waals surface area (Å²) in [4.78, 5) is 30.3. The topological polar surface area (TPSA) is 67.8 Å². The van der Waals surface area contributed by atoms with Gasteiger partial charge in [0.1, 0.15) is 5.65 Å². The van der Waals surface area contributed by atoms with Crippen molar-refractivity contribution in [2.24, 2.45) is 0 Å². The van der Waals surface area contributed by atoms with E-state index in [0.29, 0.717) is 22.1 Å². The molecule has 2 heterocycles. The van der Waals surface area contributed by atoms with Crippen molar-refractivity contribution in [2.45, 2.75) is 6.54 Å². The predicted molar refractivity (Wildman–Crippen MR) is 79.9 cm³/mol. The van der Waals surface area contributed by atoms with Crippen molar-refractivity contribution >= 4 is 27.0 Å². The fourth-order valence-electron chi connectivity index (χ4n) is 2.06. The molecular weight excluding hydrogens is 322 g/mol. The molecule has 1 aromatic carbocycles. The van der Waals surface area contributed by atoms with E-state index in [1.165, 1.54) is 4.57 Å². The Kier molecular flexibility index (Phi) is 3.23. The Hall–Kier alpha value is -2.21. The Morgan fingerprint density at radius 3 is 2.70 bits per heavy atom. The van der Waals surface area contributed by atoms with E-state index in [2.05, 4.69) is 25.9 Å². The van der Waals surface area contributed by atoms with Crippen LogP contribution in [0, 0.1) is 0 Å². The number of aromatic amines is 1. The van der Waals surface area contributed by atoms with E-state index >= 15 is 0 Å². The lowest BCUT2D eigenvalue weighted by molar-refractivity contribution is 0.746. The molecule has 20 heavy (non-hydrogen) atoms. The molecule has 100 valence electrons. The molecule has 1 N–H and O–H groups in total. The van der Waals surface area contributed by atoms with Gasteiger partial charge in [0.15, 0.2) is 0 Å². The fourth-order valence-corrected chi connectivity index (χ4v) is 2.39. The highest BCUT2D eigenvalue weighted by molar-refractivity contribution is 9.10. The molecule has 0 aliphatic rings. The van der Waals surface area contributed by atoms with Crippen molar-refractivity contribution in [2.75, 3.05) is 0 Å². The van der Waals surface area contributed by atoms with Gasteiger partial charge in [0.05, 0.1) is 11.9 Å². The first kappa shape index (κ1) is 12.8. The molecule has 0 saturated heterocycles. The lowest BCUT2D eigenvalue weighted by atomic mass is 10.2. The van der Waals surface area contributed by atoms with Gasteiger partial charge in [-0.05, 0) is 27.6 Å². The van der Waals surface area contributed by atoms with Crippen LogP contribution < -0.4 is 11.2 Å². The summed E-state index contributed by atoms with van der Waals surface area (Å²) < 4.78 is 2.15. The molecule has 0 atom stereocenters. The zero-order chi connectivity index (χ0) is 14.1. The molecule has 0 amide bonds. The molecule has 5 nitrogen and oxygen atoms in total. The summed E-state index contributed by atoms with van der Waals surface area (Å²) in [7, 11) is 0. The average Bonchev–Trinajstić information content (AvgIpc) is 2.45. The molecule has 3 aromatic rings. The molecule has 0 fully saturated rings. The van der Waals surface area contributed by atoms with E-state index in [0.717, 1.165) is 5.56 Å². The highest BCUT2D eigenvalue weighted by Gasteiger charge is 2.09. The van der Waals surface area contributed by atoms with Crippen molar-refractivity contribution in [3.05, 3.63) is 73.5 Å². The van der Waals surface area contributed by atoms with E-state index in [4.69, 9.17) is 0 Å². The molecule has 0 unspecified atom stereocenters. The molecule has 6 heteroatoms. The standard InChI is InChI=1S/C14H10BrN3O2/c15-10-6-11-12(16-7-10)18(14(20)17-13(11)19)8-9-4-2-1-3-5-9/h1-7H,8H2,(H,17,19,20). The van der Waals surface area contributed by atoms with Crippen LogP contribution in [0.3, 0.4) is 0 Å². The Morgan fingerprint density at radius 1 is 1.20 bits per heavy atom. The Labute approximate surface area is 122 Å². The number of benzene rings is 1. The number of fused-ring (bicyclic) bond motifs is 1. The molecule has 0 bridgehead atoms. The van der Waals surface area contributed by atoms with Crippen molar-refractivity contribution < 1.29 is 0 Å². The van der Waals surface area contributed by atoms with E-state index in [-0.39, 0.29) is 0 Å². The van der Waals surface area contributed by atoms with E-state index in [1.807, 2.05) is 30.3 Å². The number of rotatable bonds is 2. The second-order valence-corrected chi connectivity index (χ2v) is 5.27. The van der Waals surface area contributed by atoms with E-state index < -0.39 is 11.2 Å². The van der Waals surface area contributed by atoms with Crippen molar-refractivity contribution in [1.29, 1.82) is 0 Å². The summed E-state index contributed by atoms with van der Waals surface area (Å²) in [5, 5.41) is 0.384. The third-order valence-corrected chi connectivity index (χ3v) is 3.42. The van der Waals surface area contributed by atoms with Crippen LogP contribution in [0.5, 0.6) is 0 Å². The lowest BCUT2D eigenvalue weighted by Gasteiger charge is -2.08. The molecule has 0 saturated carbocycles. The zero-order valence-corrected chi connectivity index (χ0v) is 11.9. The second-order valence-electron chi connectivity index (χ2n) is 4.36. The number of hydrogen-bond acceptors (Lipinski definition) is 3. The summed E-state index contributed by atoms with van der Waals surface area (Å²) in [6, 6.07) is 11.2. The smallest absolute Gasteiger partial charge is 0.273 e. The summed E-state index contributed by atoms with van der Waals surface area (Å²) in [6.07, 6.45) is 1.57. The SMILES string of the molecule is O=c1[nH]c(=O)n(Cc2ccccc2)c2ncc(Br)cc12. The maximum absolute atomic E-state index is 12.0. The van der Waals surface area contributed by atoms with Crippen LogP contribution in [-0.4, -0.2) is 14.5 Å². The van der Waals surface area contributed by atoms with Gasteiger partial charge in [0.2, 0.25) is 0 Å². The van der Waals surface area contributed by atoms with Gasteiger partial charge in [-0.3, -0.25) is 14.3 Å². The number of pyridine rings is 1. The lowest BCUT2D eigenvalue weighted by Crippen LogP contribution is -2.31. The average molecular weight is 332 g/mol. The Bertz CT molecular complexity index is 884. The summed E-state index contributed by atoms with van der Waals surface area (Å²) in [5.74, 6) is 0. The van der Waals surface area contributed by atoms with Gasteiger partial charge in [-0.15, -0.1) is 0 Å². The number of nitrogens with one attached hydrogen (secondary N) is 1. The quantitative estimate of drug-likeness (QED) is 0.779. The zero-order valence-electron chi connectivity index (χ0n) is 10.3. The van der Waals surface area contributed by atoms with Crippen LogP contribution >= 0.6 is 15.9 Å². The number of aromatic nitrogens is 3. The highest BCUT2D eigenvalue weighted by Crippen LogP contribution is 2.13. The molecule has 0 aliphatic heterocycles. The maximum atomic E-state index is 12.0. The second kappa shape index (κ2) is 5.05. The van der Waals surface area contributed by atoms with Crippen LogP contribution in [0.4, 0.5) is 0 Å². The highest BCUT2D eigenvalue weighted by atomic mass is 79.9. The first-order chi connectivity index (χ1) is 9.65. The minimum absolute atomic E-state index is 0.363. The van der Waals surface area contributed by atoms with Gasteiger partial charge in [-0.1, -0.05) is 30.3 Å². The molecule has 3 rings (SSSR count). The van der Waals surface area contributed by atoms with Gasteiger partial charge in [0, 0.05) is 10.7 Å². The van der Waals surface area contributed by atoms with Gasteiger partial charge in [0.25, 0.3) is 5.56 Å². The number of H-pyrrole nitrogens is 1. The summed E-state index contributed by atoms with van der Waals surface area (Å²) in [5.41, 5.74) is 0.461. The van der Waals surface area contributed by atoms with Crippen molar-refractivity contribution in [1.82, 2.24) is 14.5 Å². The fraction of sp³-hybridized carbons (Fsp3) is 0.0714. The summed E-state index contributed by atoms with van der Waals surface area (Å²) in [6.45, 7) is 0.363. The van der Waals surface area contributed by atoms with Gasteiger partial charge >= 0.3 is 5.69 Å². The first-order valence-corrected chi connectivity index (χ1v) is 6.77. The number of nitrogens with zero attached hydrogens (tertiary/aromatic N) is 2. The Morgan fingerprint density at radius 2 is 1.95 bits per heavy atom. The van der Waals surface area contributed by atoms with Crippen molar-refractivity contribution in [3.63, 3.8) is 0 Å². The molecule has 2 aromatic heterocycles. The van der Waals surface area contributed by atoms with Crippen LogP contribution in [0.1, 0.15) is 5.56 Å².